The molecule has 0 amide bonds. The molecule has 0 saturated carbocycles. The lowest BCUT2D eigenvalue weighted by molar-refractivity contribution is -0.107. The zero-order valence-corrected chi connectivity index (χ0v) is 6.81. The zero-order valence-electron chi connectivity index (χ0n) is 6.81. The molecular weight excluding hydrogens is 136 g/mol. The molecule has 0 heterocycles. The van der Waals surface area contributed by atoms with Crippen molar-refractivity contribution in [3.8, 4) is 0 Å². The molecule has 0 aromatic carbocycles. The minimum atomic E-state index is 0.666. The van der Waals surface area contributed by atoms with E-state index in [1.807, 2.05) is 0 Å². The van der Waals surface area contributed by atoms with Gasteiger partial charge in [0.1, 0.15) is 6.29 Å². The van der Waals surface area contributed by atoms with Gasteiger partial charge in [-0.05, 0) is 25.7 Å². The van der Waals surface area contributed by atoms with Crippen LogP contribution in [0.15, 0.2) is 23.8 Å². The number of carbonyl (C=O) groups is 1. The minimum Gasteiger partial charge on any atom is -0.303 e. The van der Waals surface area contributed by atoms with Crippen LogP contribution in [0.3, 0.4) is 0 Å². The van der Waals surface area contributed by atoms with Gasteiger partial charge in [0.25, 0.3) is 0 Å². The van der Waals surface area contributed by atoms with Crippen LogP contribution in [-0.4, -0.2) is 6.29 Å². The van der Waals surface area contributed by atoms with E-state index in [-0.39, 0.29) is 0 Å². The molecule has 0 N–H and O–H groups in total. The van der Waals surface area contributed by atoms with E-state index in [0.29, 0.717) is 6.42 Å². The van der Waals surface area contributed by atoms with Gasteiger partial charge >= 0.3 is 0 Å². The van der Waals surface area contributed by atoms with Crippen LogP contribution in [0.25, 0.3) is 0 Å². The summed E-state index contributed by atoms with van der Waals surface area (Å²) < 4.78 is 0. The van der Waals surface area contributed by atoms with Gasteiger partial charge in [-0.2, -0.15) is 0 Å². The second kappa shape index (κ2) is 4.12. The Bertz CT molecular complexity index is 189. The molecule has 0 aromatic heterocycles. The molecule has 60 valence electrons. The highest BCUT2D eigenvalue weighted by Crippen LogP contribution is 2.24. The van der Waals surface area contributed by atoms with Gasteiger partial charge in [0, 0.05) is 6.42 Å². The van der Waals surface area contributed by atoms with Crippen molar-refractivity contribution in [2.45, 2.75) is 32.1 Å². The number of aldehydes is 1. The number of hydrogen-bond acceptors (Lipinski definition) is 1. The van der Waals surface area contributed by atoms with Crippen molar-refractivity contribution in [2.24, 2.45) is 0 Å². The second-order valence-electron chi connectivity index (χ2n) is 3.03. The predicted octanol–water partition coefficient (Wildman–Crippen LogP) is 2.63. The summed E-state index contributed by atoms with van der Waals surface area (Å²) in [7, 11) is 0. The van der Waals surface area contributed by atoms with E-state index in [9.17, 15) is 4.79 Å². The van der Waals surface area contributed by atoms with Gasteiger partial charge in [-0.15, -0.1) is 0 Å². The molecular formula is C10H14O. The second-order valence-corrected chi connectivity index (χ2v) is 3.03. The average molecular weight is 150 g/mol. The summed E-state index contributed by atoms with van der Waals surface area (Å²) >= 11 is 0. The first-order valence-electron chi connectivity index (χ1n) is 4.11. The van der Waals surface area contributed by atoms with Crippen molar-refractivity contribution < 1.29 is 4.79 Å². The van der Waals surface area contributed by atoms with E-state index in [0.717, 1.165) is 32.0 Å². The third-order valence-electron chi connectivity index (χ3n) is 1.99. The number of rotatable bonds is 3. The zero-order chi connectivity index (χ0) is 8.10. The van der Waals surface area contributed by atoms with Crippen LogP contribution in [0, 0.1) is 0 Å². The van der Waals surface area contributed by atoms with E-state index in [4.69, 9.17) is 0 Å². The van der Waals surface area contributed by atoms with E-state index in [1.54, 1.807) is 0 Å². The molecule has 1 nitrogen and oxygen atoms in total. The summed E-state index contributed by atoms with van der Waals surface area (Å²) in [5.41, 5.74) is 2.71. The van der Waals surface area contributed by atoms with Gasteiger partial charge in [-0.1, -0.05) is 23.8 Å². The van der Waals surface area contributed by atoms with Crippen molar-refractivity contribution in [2.75, 3.05) is 0 Å². The van der Waals surface area contributed by atoms with Crippen LogP contribution in [0.4, 0.5) is 0 Å². The molecule has 0 saturated heterocycles. The molecule has 0 radical (unpaired) electrons. The molecule has 11 heavy (non-hydrogen) atoms. The summed E-state index contributed by atoms with van der Waals surface area (Å²) in [6, 6.07) is 0. The Balaban J connectivity index is 2.38. The van der Waals surface area contributed by atoms with Gasteiger partial charge in [-0.3, -0.25) is 0 Å². The summed E-state index contributed by atoms with van der Waals surface area (Å²) in [6.45, 7) is 3.94. The highest BCUT2D eigenvalue weighted by atomic mass is 16.1. The topological polar surface area (TPSA) is 17.1 Å². The van der Waals surface area contributed by atoms with Crippen LogP contribution in [0.5, 0.6) is 0 Å². The maximum absolute atomic E-state index is 10.1. The summed E-state index contributed by atoms with van der Waals surface area (Å²) in [5, 5.41) is 0. The van der Waals surface area contributed by atoms with E-state index in [2.05, 4.69) is 12.7 Å². The minimum absolute atomic E-state index is 0.666. The SMILES string of the molecule is C=C1CCC=C(CCC=O)C1. The van der Waals surface area contributed by atoms with Crippen LogP contribution >= 0.6 is 0 Å². The number of carbonyl (C=O) groups excluding carboxylic acids is 1. The Morgan fingerprint density at radius 3 is 3.09 bits per heavy atom. The molecule has 0 aliphatic heterocycles. The molecule has 1 rings (SSSR count). The van der Waals surface area contributed by atoms with Crippen LogP contribution in [0.2, 0.25) is 0 Å². The molecule has 0 aromatic rings. The maximum atomic E-state index is 10.1. The highest BCUT2D eigenvalue weighted by molar-refractivity contribution is 5.50. The molecule has 0 bridgehead atoms. The molecule has 1 heteroatoms. The fraction of sp³-hybridized carbons (Fsp3) is 0.500. The van der Waals surface area contributed by atoms with Crippen molar-refractivity contribution in [3.05, 3.63) is 23.8 Å². The molecule has 0 atom stereocenters. The fourth-order valence-electron chi connectivity index (χ4n) is 1.40. The summed E-state index contributed by atoms with van der Waals surface area (Å²) in [6.07, 6.45) is 8.10. The first-order chi connectivity index (χ1) is 5.33. The largest absolute Gasteiger partial charge is 0.303 e. The Labute approximate surface area is 67.8 Å². The first kappa shape index (κ1) is 8.25. The quantitative estimate of drug-likeness (QED) is 0.446. The smallest absolute Gasteiger partial charge is 0.120 e. The van der Waals surface area contributed by atoms with Gasteiger partial charge in [0.15, 0.2) is 0 Å². The van der Waals surface area contributed by atoms with Crippen molar-refractivity contribution >= 4 is 6.29 Å². The third-order valence-corrected chi connectivity index (χ3v) is 1.99. The Morgan fingerprint density at radius 1 is 1.64 bits per heavy atom. The molecule has 1 aliphatic rings. The van der Waals surface area contributed by atoms with Crippen molar-refractivity contribution in [1.82, 2.24) is 0 Å². The molecule has 0 unspecified atom stereocenters. The lowest BCUT2D eigenvalue weighted by Gasteiger charge is -2.13. The monoisotopic (exact) mass is 150 g/mol. The Morgan fingerprint density at radius 2 is 2.45 bits per heavy atom. The number of hydrogen-bond donors (Lipinski definition) is 0. The first-order valence-corrected chi connectivity index (χ1v) is 4.11. The number of allylic oxidation sites excluding steroid dienone is 3. The summed E-state index contributed by atoms with van der Waals surface area (Å²) in [5.74, 6) is 0. The predicted molar refractivity (Wildman–Crippen MR) is 46.4 cm³/mol. The molecule has 0 spiro atoms. The summed E-state index contributed by atoms with van der Waals surface area (Å²) in [4.78, 5) is 10.1. The van der Waals surface area contributed by atoms with Gasteiger partial charge in [0.05, 0.1) is 0 Å². The lowest BCUT2D eigenvalue weighted by Crippen LogP contribution is -1.94. The third kappa shape index (κ3) is 2.71. The lowest BCUT2D eigenvalue weighted by atomic mass is 9.93. The average Bonchev–Trinajstić information content (AvgIpc) is 2.01. The van der Waals surface area contributed by atoms with Crippen LogP contribution < -0.4 is 0 Å². The maximum Gasteiger partial charge on any atom is 0.120 e. The van der Waals surface area contributed by atoms with E-state index >= 15 is 0 Å². The molecule has 1 aliphatic carbocycles. The van der Waals surface area contributed by atoms with E-state index in [1.165, 1.54) is 11.1 Å². The molecule has 0 fully saturated rings. The van der Waals surface area contributed by atoms with Gasteiger partial charge in [-0.25, -0.2) is 0 Å². The fourth-order valence-corrected chi connectivity index (χ4v) is 1.40. The Kier molecular flexibility index (Phi) is 3.09. The Hall–Kier alpha value is -0.850. The van der Waals surface area contributed by atoms with Crippen molar-refractivity contribution in [1.29, 1.82) is 0 Å². The van der Waals surface area contributed by atoms with Crippen LogP contribution in [-0.2, 0) is 4.79 Å². The standard InChI is InChI=1S/C10H14O/c1-9-4-2-5-10(8-9)6-3-7-11/h5,7H,1-4,6,8H2. The van der Waals surface area contributed by atoms with Gasteiger partial charge < -0.3 is 4.79 Å². The normalized spacial score (nSPS) is 17.8. The van der Waals surface area contributed by atoms with Crippen LogP contribution in [0.1, 0.15) is 32.1 Å². The highest BCUT2D eigenvalue weighted by Gasteiger charge is 2.05. The van der Waals surface area contributed by atoms with E-state index < -0.39 is 0 Å². The van der Waals surface area contributed by atoms with Gasteiger partial charge in [0.2, 0.25) is 0 Å². The van der Waals surface area contributed by atoms with Crippen molar-refractivity contribution in [3.63, 3.8) is 0 Å².